The van der Waals surface area contributed by atoms with E-state index in [-0.39, 0.29) is 88.1 Å². The van der Waals surface area contributed by atoms with E-state index in [1.54, 1.807) is 68.4 Å². The summed E-state index contributed by atoms with van der Waals surface area (Å²) < 4.78 is 69.6. The molecule has 2 aromatic heterocycles. The Morgan fingerprint density at radius 2 is 0.943 bits per heavy atom. The van der Waals surface area contributed by atoms with Gasteiger partial charge in [0, 0.05) is 96.3 Å². The molecule has 0 saturated carbocycles. The number of aliphatic carboxylic acids is 1. The number of esters is 1. The van der Waals surface area contributed by atoms with Crippen molar-refractivity contribution in [2.75, 3.05) is 105 Å². The van der Waals surface area contributed by atoms with Crippen LogP contribution in [-0.2, 0) is 72.2 Å². The summed E-state index contributed by atoms with van der Waals surface area (Å²) in [7, 11) is -3.86. The number of ether oxygens (including phenoxy) is 6. The van der Waals surface area contributed by atoms with Gasteiger partial charge in [-0.25, -0.2) is 28.1 Å². The molecule has 2 N–H and O–H groups in total. The number of phenols is 1. The van der Waals surface area contributed by atoms with Crippen LogP contribution in [0.2, 0.25) is 20.1 Å². The van der Waals surface area contributed by atoms with Gasteiger partial charge in [0.2, 0.25) is 0 Å². The zero-order valence-electron chi connectivity index (χ0n) is 56.9. The number of rotatable bonds is 22. The summed E-state index contributed by atoms with van der Waals surface area (Å²) in [6.07, 6.45) is 2.05. The van der Waals surface area contributed by atoms with Crippen LogP contribution >= 0.6 is 46.4 Å². The highest BCUT2D eigenvalue weighted by molar-refractivity contribution is 7.86. The molecule has 4 saturated heterocycles. The van der Waals surface area contributed by atoms with Crippen molar-refractivity contribution in [1.29, 1.82) is 0 Å². The molecule has 4 fully saturated rings. The van der Waals surface area contributed by atoms with Crippen molar-refractivity contribution in [3.05, 3.63) is 228 Å². The number of aromatic hydroxyl groups is 1. The van der Waals surface area contributed by atoms with Gasteiger partial charge in [-0.05, 0) is 161 Å². The molecule has 7 aromatic carbocycles. The van der Waals surface area contributed by atoms with E-state index < -0.39 is 33.8 Å². The molecule has 4 aliphatic rings. The second-order valence-electron chi connectivity index (χ2n) is 24.8. The normalized spacial score (nSPS) is 18.6. The van der Waals surface area contributed by atoms with Gasteiger partial charge >= 0.3 is 23.3 Å². The first-order valence-electron chi connectivity index (χ1n) is 33.3. The number of benzene rings is 7. The lowest BCUT2D eigenvalue weighted by Crippen LogP contribution is -2.46. The summed E-state index contributed by atoms with van der Waals surface area (Å²) in [5.41, 5.74) is 7.47. The van der Waals surface area contributed by atoms with Crippen LogP contribution in [0.25, 0.3) is 11.4 Å². The van der Waals surface area contributed by atoms with E-state index in [2.05, 4.69) is 41.9 Å². The van der Waals surface area contributed by atoms with Crippen molar-refractivity contribution < 1.29 is 60.8 Å². The van der Waals surface area contributed by atoms with Gasteiger partial charge in [0.05, 0.1) is 78.7 Å². The number of nitrogens with zero attached hydrogens (tertiary/aromatic N) is 10. The number of aromatic nitrogens is 6. The summed E-state index contributed by atoms with van der Waals surface area (Å²) >= 11 is 24.5. The van der Waals surface area contributed by atoms with Gasteiger partial charge in [0.25, 0.3) is 10.1 Å². The second kappa shape index (κ2) is 35.9. The molecule has 4 atom stereocenters. The van der Waals surface area contributed by atoms with Crippen molar-refractivity contribution in [3.63, 3.8) is 0 Å². The Hall–Kier alpha value is -8.93. The number of halogens is 4. The first-order chi connectivity index (χ1) is 49.4. The molecular formula is C75H86Cl4N10O15S. The number of carboxylic acids is 1. The number of anilines is 4. The SMILES string of the molecule is C.C.CC1(c2ccc(Cl)cc2Cl)OCC(COc2ccc(N3CCN(c4ccc(-n5cnn(CCC(=O)O)c5=O)cc4)CC3)cc2)O1.CCOC(=O)CCn1ncn(-c2ccc(N3CCN(c4ccc(O)cc4)CC3)cc2)c1=O.Cc1ccc(S(=O)(=O)OCC2COC(C)(c3ccc(Cl)cc3Cl)O2)cc1. The van der Waals surface area contributed by atoms with Gasteiger partial charge in [-0.15, -0.1) is 0 Å². The van der Waals surface area contributed by atoms with Gasteiger partial charge in [0.15, 0.2) is 11.6 Å². The molecule has 4 unspecified atom stereocenters. The van der Waals surface area contributed by atoms with E-state index in [1.165, 1.54) is 38.6 Å². The Morgan fingerprint density at radius 1 is 0.552 bits per heavy atom. The van der Waals surface area contributed by atoms with Crippen LogP contribution in [0.1, 0.15) is 65.2 Å². The Bertz CT molecular complexity index is 4610. The predicted octanol–water partition coefficient (Wildman–Crippen LogP) is 12.4. The highest BCUT2D eigenvalue weighted by atomic mass is 35.5. The molecule has 560 valence electrons. The van der Waals surface area contributed by atoms with Crippen LogP contribution in [0.4, 0.5) is 22.7 Å². The Labute approximate surface area is 630 Å². The average Bonchev–Trinajstić information content (AvgIpc) is 1.66. The van der Waals surface area contributed by atoms with E-state index in [1.807, 2.05) is 92.7 Å². The molecular weight excluding hydrogens is 1450 g/mol. The topological polar surface area (TPSA) is 266 Å². The number of phenolic OH excluding ortho intramolecular Hbond substituents is 1. The third kappa shape index (κ3) is 20.4. The summed E-state index contributed by atoms with van der Waals surface area (Å²) in [6, 6.07) is 47.6. The van der Waals surface area contributed by atoms with Crippen LogP contribution in [-0.4, -0.2) is 157 Å². The number of carbonyl (C=O) groups is 2. The average molecular weight is 1540 g/mol. The molecule has 25 nitrogen and oxygen atoms in total. The maximum atomic E-state index is 12.6. The molecule has 0 spiro atoms. The highest BCUT2D eigenvalue weighted by Crippen LogP contribution is 2.41. The molecule has 0 radical (unpaired) electrons. The number of aryl methyl sites for hydroxylation is 3. The molecule has 6 heterocycles. The lowest BCUT2D eigenvalue weighted by Gasteiger charge is -2.37. The highest BCUT2D eigenvalue weighted by Gasteiger charge is 2.42. The van der Waals surface area contributed by atoms with Gasteiger partial charge in [-0.1, -0.05) is 91.1 Å². The van der Waals surface area contributed by atoms with Crippen LogP contribution < -0.4 is 35.7 Å². The minimum absolute atomic E-state index is 0. The lowest BCUT2D eigenvalue weighted by molar-refractivity contribution is -0.164. The van der Waals surface area contributed by atoms with Crippen LogP contribution in [0.3, 0.4) is 0 Å². The predicted molar refractivity (Wildman–Crippen MR) is 405 cm³/mol. The van der Waals surface area contributed by atoms with Crippen molar-refractivity contribution in [1.82, 2.24) is 28.7 Å². The number of carbonyl (C=O) groups excluding carboxylic acids is 1. The third-order valence-corrected chi connectivity index (χ3v) is 20.1. The molecule has 30 heteroatoms. The van der Waals surface area contributed by atoms with E-state index in [4.69, 9.17) is 84.1 Å². The first kappa shape index (κ1) is 80.2. The van der Waals surface area contributed by atoms with E-state index in [0.717, 1.165) is 102 Å². The third-order valence-electron chi connectivity index (χ3n) is 17.7. The summed E-state index contributed by atoms with van der Waals surface area (Å²) in [6.45, 7) is 15.4. The Balaban J connectivity index is 0.000000188. The quantitative estimate of drug-likeness (QED) is 0.0471. The zero-order valence-corrected chi connectivity index (χ0v) is 60.8. The molecule has 4 aliphatic heterocycles. The second-order valence-corrected chi connectivity index (χ2v) is 28.1. The Morgan fingerprint density at radius 3 is 1.35 bits per heavy atom. The number of hydrogen-bond acceptors (Lipinski definition) is 20. The van der Waals surface area contributed by atoms with Gasteiger partial charge < -0.3 is 58.2 Å². The van der Waals surface area contributed by atoms with Crippen LogP contribution in [0.15, 0.2) is 185 Å². The monoisotopic (exact) mass is 1540 g/mol. The summed E-state index contributed by atoms with van der Waals surface area (Å²) in [4.78, 5) is 56.9. The van der Waals surface area contributed by atoms with Crippen molar-refractivity contribution >= 4 is 91.2 Å². The minimum Gasteiger partial charge on any atom is -0.508 e. The van der Waals surface area contributed by atoms with Gasteiger partial charge in [-0.2, -0.15) is 18.6 Å². The minimum atomic E-state index is -3.86. The summed E-state index contributed by atoms with van der Waals surface area (Å²) in [5, 5.41) is 28.4. The largest absolute Gasteiger partial charge is 0.508 e. The zero-order chi connectivity index (χ0) is 73.0. The first-order valence-corrected chi connectivity index (χ1v) is 36.2. The Kier molecular flexibility index (Phi) is 27.4. The molecule has 13 rings (SSSR count). The van der Waals surface area contributed by atoms with E-state index in [9.17, 15) is 32.7 Å². The van der Waals surface area contributed by atoms with E-state index in [0.29, 0.717) is 51.2 Å². The van der Waals surface area contributed by atoms with E-state index >= 15 is 0 Å². The molecule has 0 amide bonds. The maximum Gasteiger partial charge on any atom is 0.350 e. The number of piperazine rings is 2. The summed E-state index contributed by atoms with van der Waals surface area (Å²) in [5.74, 6) is -2.34. The fourth-order valence-corrected chi connectivity index (χ4v) is 14.1. The molecule has 0 bridgehead atoms. The fourth-order valence-electron chi connectivity index (χ4n) is 12.0. The smallest absolute Gasteiger partial charge is 0.350 e. The van der Waals surface area contributed by atoms with Crippen molar-refractivity contribution in [2.24, 2.45) is 0 Å². The van der Waals surface area contributed by atoms with Gasteiger partial charge in [0.1, 0.15) is 43.0 Å². The number of hydrogen-bond donors (Lipinski definition) is 2. The fraction of sp³-hybridized carbons (Fsp3) is 0.360. The standard InChI is InChI=1S/C32H33Cl2N5O6.C23H27N5O4.C18H18Cl2O5S.2CH4/c1-32(28-11-2-22(33)18-29(28)34)44-20-27(45-32)19-43-26-9-7-24(8-10-26)37-16-14-36(15-17-37)23-3-5-25(6-4-23)38-21-35-39(31(38)42)13-12-30(40)41;1-2-32-22(30)11-12-28-23(31)27(17-24-28)20-5-3-18(4-6-20)25-13-15-26(16-14-25)19-7-9-21(29)10-8-19;1-12-3-6-15(7-4-12)26(21,22)24-11-14-10-23-18(2,25-14)16-8-5-13(19)9-17(16)20;;/h2-11,18,21,27H,12-17,19-20H2,1H3,(H,40,41);3-10,17,29H,2,11-16H2,1H3;3-9,14H,10-11H2,1-2H3;2*1H4. The van der Waals surface area contributed by atoms with Crippen LogP contribution in [0.5, 0.6) is 11.5 Å². The van der Waals surface area contributed by atoms with Gasteiger partial charge in [-0.3, -0.25) is 13.8 Å². The number of carboxylic acid groups (broad SMARTS) is 1. The maximum absolute atomic E-state index is 12.6. The lowest BCUT2D eigenvalue weighted by atomic mass is 10.1. The molecule has 9 aromatic rings. The van der Waals surface area contributed by atoms with Crippen molar-refractivity contribution in [2.45, 2.75) is 97.2 Å². The molecule has 105 heavy (non-hydrogen) atoms. The van der Waals surface area contributed by atoms with Crippen molar-refractivity contribution in [3.8, 4) is 22.9 Å². The van der Waals surface area contributed by atoms with Crippen LogP contribution in [0, 0.1) is 6.92 Å². The molecule has 0 aliphatic carbocycles.